The maximum Gasteiger partial charge on any atom is 0.303 e. The minimum atomic E-state index is -0.711. The first-order valence-electron chi connectivity index (χ1n) is 5.62. The predicted molar refractivity (Wildman–Crippen MR) is 63.8 cm³/mol. The second kappa shape index (κ2) is 4.16. The standard InChI is InChI=1S/C13H17NO2/c1-9(7-13(15)16)12-8-10-5-3-4-6-11(10)14(12)2/h3-6,9,12H,7-8H2,1-2H3,(H,15,16). The Bertz CT molecular complexity index is 403. The number of hydrogen-bond donors (Lipinski definition) is 1. The van der Waals surface area contributed by atoms with Crippen LogP contribution in [-0.4, -0.2) is 24.2 Å². The monoisotopic (exact) mass is 219 g/mol. The van der Waals surface area contributed by atoms with Crippen LogP contribution in [0.2, 0.25) is 0 Å². The fourth-order valence-corrected chi connectivity index (χ4v) is 2.56. The minimum Gasteiger partial charge on any atom is -0.481 e. The van der Waals surface area contributed by atoms with Crippen LogP contribution in [0.5, 0.6) is 0 Å². The Labute approximate surface area is 95.7 Å². The molecular formula is C13H17NO2. The molecular weight excluding hydrogens is 202 g/mol. The molecule has 1 heterocycles. The number of anilines is 1. The molecule has 0 aromatic heterocycles. The third-order valence-electron chi connectivity index (χ3n) is 3.45. The summed E-state index contributed by atoms with van der Waals surface area (Å²) in [4.78, 5) is 12.9. The Morgan fingerprint density at radius 3 is 2.88 bits per heavy atom. The molecule has 1 aromatic carbocycles. The Balaban J connectivity index is 2.15. The number of aliphatic carboxylic acids is 1. The van der Waals surface area contributed by atoms with Gasteiger partial charge in [0.1, 0.15) is 0 Å². The van der Waals surface area contributed by atoms with E-state index in [0.29, 0.717) is 6.04 Å². The van der Waals surface area contributed by atoms with Crippen molar-refractivity contribution in [1.29, 1.82) is 0 Å². The van der Waals surface area contributed by atoms with E-state index in [1.165, 1.54) is 11.3 Å². The molecule has 3 heteroatoms. The van der Waals surface area contributed by atoms with Gasteiger partial charge in [-0.05, 0) is 24.0 Å². The van der Waals surface area contributed by atoms with Crippen molar-refractivity contribution in [2.75, 3.05) is 11.9 Å². The zero-order chi connectivity index (χ0) is 11.7. The highest BCUT2D eigenvalue weighted by Gasteiger charge is 2.31. The summed E-state index contributed by atoms with van der Waals surface area (Å²) in [5, 5.41) is 8.83. The van der Waals surface area contributed by atoms with Crippen molar-refractivity contribution in [3.05, 3.63) is 29.8 Å². The fourth-order valence-electron chi connectivity index (χ4n) is 2.56. The number of hydrogen-bond acceptors (Lipinski definition) is 2. The maximum absolute atomic E-state index is 10.7. The quantitative estimate of drug-likeness (QED) is 0.846. The molecule has 0 fully saturated rings. The minimum absolute atomic E-state index is 0.176. The fraction of sp³-hybridized carbons (Fsp3) is 0.462. The first-order valence-corrected chi connectivity index (χ1v) is 5.62. The summed E-state index contributed by atoms with van der Waals surface area (Å²) in [5.41, 5.74) is 2.57. The van der Waals surface area contributed by atoms with Crippen molar-refractivity contribution in [2.24, 2.45) is 5.92 Å². The summed E-state index contributed by atoms with van der Waals surface area (Å²) >= 11 is 0. The zero-order valence-corrected chi connectivity index (χ0v) is 9.68. The van der Waals surface area contributed by atoms with Crippen molar-refractivity contribution < 1.29 is 9.90 Å². The number of benzene rings is 1. The Morgan fingerprint density at radius 2 is 2.25 bits per heavy atom. The molecule has 0 saturated heterocycles. The molecule has 2 unspecified atom stereocenters. The van der Waals surface area contributed by atoms with E-state index in [1.54, 1.807) is 0 Å². The van der Waals surface area contributed by atoms with E-state index in [2.05, 4.69) is 24.1 Å². The van der Waals surface area contributed by atoms with Gasteiger partial charge in [0.05, 0.1) is 0 Å². The number of carbonyl (C=O) groups is 1. The van der Waals surface area contributed by atoms with Gasteiger partial charge in [0.2, 0.25) is 0 Å². The number of carboxylic acids is 1. The number of para-hydroxylation sites is 1. The Hall–Kier alpha value is -1.51. The summed E-state index contributed by atoms with van der Waals surface area (Å²) < 4.78 is 0. The average molecular weight is 219 g/mol. The van der Waals surface area contributed by atoms with Crippen molar-refractivity contribution in [3.8, 4) is 0 Å². The lowest BCUT2D eigenvalue weighted by Crippen LogP contribution is -2.34. The molecule has 0 bridgehead atoms. The number of rotatable bonds is 3. The van der Waals surface area contributed by atoms with E-state index in [4.69, 9.17) is 5.11 Å². The highest BCUT2D eigenvalue weighted by molar-refractivity contribution is 5.67. The second-order valence-electron chi connectivity index (χ2n) is 4.59. The second-order valence-corrected chi connectivity index (χ2v) is 4.59. The van der Waals surface area contributed by atoms with Gasteiger partial charge in [-0.25, -0.2) is 0 Å². The van der Waals surface area contributed by atoms with E-state index in [9.17, 15) is 4.79 Å². The van der Waals surface area contributed by atoms with Gasteiger partial charge in [-0.1, -0.05) is 25.1 Å². The van der Waals surface area contributed by atoms with Gasteiger partial charge in [-0.15, -0.1) is 0 Å². The van der Waals surface area contributed by atoms with Gasteiger partial charge in [0.25, 0.3) is 0 Å². The molecule has 2 rings (SSSR count). The average Bonchev–Trinajstić information content (AvgIpc) is 2.56. The number of nitrogens with zero attached hydrogens (tertiary/aromatic N) is 1. The lowest BCUT2D eigenvalue weighted by atomic mass is 9.95. The summed E-state index contributed by atoms with van der Waals surface area (Å²) in [5.74, 6) is -0.535. The van der Waals surface area contributed by atoms with Crippen molar-refractivity contribution >= 4 is 11.7 Å². The van der Waals surface area contributed by atoms with Crippen LogP contribution in [0.25, 0.3) is 0 Å². The molecule has 1 aliphatic heterocycles. The molecule has 2 atom stereocenters. The van der Waals surface area contributed by atoms with Gasteiger partial charge in [0, 0.05) is 25.2 Å². The molecule has 0 amide bonds. The molecule has 0 radical (unpaired) electrons. The SMILES string of the molecule is CC(CC(=O)O)C1Cc2ccccc2N1C. The van der Waals surface area contributed by atoms with Crippen LogP contribution in [-0.2, 0) is 11.2 Å². The third-order valence-corrected chi connectivity index (χ3v) is 3.45. The predicted octanol–water partition coefficient (Wildman–Crippen LogP) is 2.16. The zero-order valence-electron chi connectivity index (χ0n) is 9.68. The van der Waals surface area contributed by atoms with Crippen molar-refractivity contribution in [2.45, 2.75) is 25.8 Å². The molecule has 86 valence electrons. The molecule has 16 heavy (non-hydrogen) atoms. The molecule has 0 spiro atoms. The molecule has 1 aromatic rings. The summed E-state index contributed by atoms with van der Waals surface area (Å²) in [6.45, 7) is 2.02. The summed E-state index contributed by atoms with van der Waals surface area (Å²) in [6.07, 6.45) is 1.20. The normalized spacial score (nSPS) is 20.6. The van der Waals surface area contributed by atoms with Gasteiger partial charge >= 0.3 is 5.97 Å². The molecule has 0 aliphatic carbocycles. The molecule has 0 saturated carbocycles. The first-order chi connectivity index (χ1) is 7.59. The molecule has 3 nitrogen and oxygen atoms in total. The van der Waals surface area contributed by atoms with E-state index < -0.39 is 5.97 Å². The lowest BCUT2D eigenvalue weighted by Gasteiger charge is -2.27. The number of fused-ring (bicyclic) bond motifs is 1. The van der Waals surface area contributed by atoms with E-state index >= 15 is 0 Å². The van der Waals surface area contributed by atoms with Gasteiger partial charge in [0.15, 0.2) is 0 Å². The lowest BCUT2D eigenvalue weighted by molar-refractivity contribution is -0.138. The first kappa shape index (κ1) is 11.0. The van der Waals surface area contributed by atoms with Crippen molar-refractivity contribution in [3.63, 3.8) is 0 Å². The van der Waals surface area contributed by atoms with Crippen molar-refractivity contribution in [1.82, 2.24) is 0 Å². The highest BCUT2D eigenvalue weighted by Crippen LogP contribution is 2.34. The summed E-state index contributed by atoms with van der Waals surface area (Å²) in [6, 6.07) is 8.60. The third kappa shape index (κ3) is 1.90. The van der Waals surface area contributed by atoms with Gasteiger partial charge < -0.3 is 10.0 Å². The molecule has 1 aliphatic rings. The van der Waals surface area contributed by atoms with E-state index in [0.717, 1.165) is 6.42 Å². The van der Waals surface area contributed by atoms with Crippen LogP contribution < -0.4 is 4.90 Å². The smallest absolute Gasteiger partial charge is 0.303 e. The van der Waals surface area contributed by atoms with Crippen LogP contribution in [0.4, 0.5) is 5.69 Å². The largest absolute Gasteiger partial charge is 0.481 e. The Morgan fingerprint density at radius 1 is 1.56 bits per heavy atom. The van der Waals surface area contributed by atoms with E-state index in [-0.39, 0.29) is 12.3 Å². The number of likely N-dealkylation sites (N-methyl/N-ethyl adjacent to an activating group) is 1. The molecule has 1 N–H and O–H groups in total. The number of carboxylic acid groups (broad SMARTS) is 1. The van der Waals surface area contributed by atoms with E-state index in [1.807, 2.05) is 19.1 Å². The maximum atomic E-state index is 10.7. The Kier molecular flexibility index (Phi) is 2.86. The van der Waals surface area contributed by atoms with Crippen LogP contribution in [0, 0.1) is 5.92 Å². The van der Waals surface area contributed by atoms with Crippen LogP contribution >= 0.6 is 0 Å². The van der Waals surface area contributed by atoms with Crippen LogP contribution in [0.1, 0.15) is 18.9 Å². The van der Waals surface area contributed by atoms with Gasteiger partial charge in [-0.2, -0.15) is 0 Å². The topological polar surface area (TPSA) is 40.5 Å². The van der Waals surface area contributed by atoms with Crippen LogP contribution in [0.15, 0.2) is 24.3 Å². The van der Waals surface area contributed by atoms with Crippen LogP contribution in [0.3, 0.4) is 0 Å². The summed E-state index contributed by atoms with van der Waals surface area (Å²) in [7, 11) is 2.05. The van der Waals surface area contributed by atoms with Gasteiger partial charge in [-0.3, -0.25) is 4.79 Å². The highest BCUT2D eigenvalue weighted by atomic mass is 16.4.